The number of aromatic nitrogens is 1. The van der Waals surface area contributed by atoms with Crippen molar-refractivity contribution < 1.29 is 4.42 Å². The average Bonchev–Trinajstić information content (AvgIpc) is 3.58. The van der Waals surface area contributed by atoms with Gasteiger partial charge in [-0.25, -0.2) is 4.98 Å². The molecule has 3 heteroatoms. The molecule has 0 spiro atoms. The minimum absolute atomic E-state index is 0.0239. The molecule has 0 aliphatic heterocycles. The lowest BCUT2D eigenvalue weighted by Gasteiger charge is -2.37. The molecule has 2 heterocycles. The highest BCUT2D eigenvalue weighted by Gasteiger charge is 2.29. The van der Waals surface area contributed by atoms with Gasteiger partial charge in [0.25, 0.3) is 0 Å². The van der Waals surface area contributed by atoms with Gasteiger partial charge in [0.1, 0.15) is 5.58 Å². The SMILES string of the molecule is C1=CCC(N(c2cccc(-c3ccc(-c4ccccc4)c4ccccc34)c2)c2ccnc3oc4cc5ccccc5cc4c23)C(c2ccccc2)=C1. The lowest BCUT2D eigenvalue weighted by Crippen LogP contribution is -2.33. The average molecular weight is 667 g/mol. The molecule has 52 heavy (non-hydrogen) atoms. The zero-order valence-corrected chi connectivity index (χ0v) is 28.5. The Morgan fingerprint density at radius 2 is 1.21 bits per heavy atom. The molecule has 1 atom stereocenters. The summed E-state index contributed by atoms with van der Waals surface area (Å²) in [5.74, 6) is 0. The summed E-state index contributed by atoms with van der Waals surface area (Å²) < 4.78 is 6.51. The van der Waals surface area contributed by atoms with Gasteiger partial charge in [-0.3, -0.25) is 0 Å². The van der Waals surface area contributed by atoms with Crippen molar-refractivity contribution in [3.63, 3.8) is 0 Å². The molecule has 0 bridgehead atoms. The van der Waals surface area contributed by atoms with Crippen molar-refractivity contribution in [2.24, 2.45) is 0 Å². The van der Waals surface area contributed by atoms with Crippen molar-refractivity contribution in [1.82, 2.24) is 4.98 Å². The molecular weight excluding hydrogens is 633 g/mol. The van der Waals surface area contributed by atoms with Crippen molar-refractivity contribution in [2.45, 2.75) is 12.5 Å². The second kappa shape index (κ2) is 12.6. The number of pyridine rings is 1. The van der Waals surface area contributed by atoms with Crippen LogP contribution < -0.4 is 4.90 Å². The Balaban J connectivity index is 1.20. The molecule has 10 rings (SSSR count). The Morgan fingerprint density at radius 3 is 1.98 bits per heavy atom. The predicted octanol–water partition coefficient (Wildman–Crippen LogP) is 13.2. The largest absolute Gasteiger partial charge is 0.438 e. The Kier molecular flexibility index (Phi) is 7.28. The third-order valence-corrected chi connectivity index (χ3v) is 10.5. The Hall–Kier alpha value is -6.71. The molecule has 1 aliphatic carbocycles. The summed E-state index contributed by atoms with van der Waals surface area (Å²) >= 11 is 0. The second-order valence-electron chi connectivity index (χ2n) is 13.5. The maximum Gasteiger partial charge on any atom is 0.229 e. The molecule has 0 saturated heterocycles. The summed E-state index contributed by atoms with van der Waals surface area (Å²) in [5, 5.41) is 6.89. The number of benzene rings is 7. The number of allylic oxidation sites excluding steroid dienone is 2. The first-order valence-corrected chi connectivity index (χ1v) is 17.9. The van der Waals surface area contributed by atoms with Crippen LogP contribution in [-0.2, 0) is 0 Å². The molecule has 2 aromatic heterocycles. The molecular formula is C49H34N2O. The topological polar surface area (TPSA) is 29.3 Å². The first kappa shape index (κ1) is 30.1. The van der Waals surface area contributed by atoms with Crippen LogP contribution in [0.25, 0.3) is 71.4 Å². The first-order chi connectivity index (χ1) is 25.8. The fraction of sp³-hybridized carbons (Fsp3) is 0.0408. The summed E-state index contributed by atoms with van der Waals surface area (Å²) in [4.78, 5) is 7.29. The molecule has 0 N–H and O–H groups in total. The van der Waals surface area contributed by atoms with Crippen LogP contribution in [0, 0.1) is 0 Å². The third-order valence-electron chi connectivity index (χ3n) is 10.5. The van der Waals surface area contributed by atoms with E-state index in [0.29, 0.717) is 5.71 Å². The lowest BCUT2D eigenvalue weighted by atomic mass is 9.89. The van der Waals surface area contributed by atoms with E-state index < -0.39 is 0 Å². The van der Waals surface area contributed by atoms with Crippen LogP contribution in [-0.4, -0.2) is 11.0 Å². The van der Waals surface area contributed by atoms with Crippen LogP contribution in [0.4, 0.5) is 11.4 Å². The van der Waals surface area contributed by atoms with Gasteiger partial charge in [0.15, 0.2) is 0 Å². The zero-order valence-electron chi connectivity index (χ0n) is 28.5. The number of fused-ring (bicyclic) bond motifs is 5. The Bertz CT molecular complexity index is 2830. The summed E-state index contributed by atoms with van der Waals surface area (Å²) in [6.45, 7) is 0. The standard InChI is InChI=1S/C49H34N2O/c1-3-14-33(15-4-1)39-26-27-40(43-24-10-9-23-42(39)43)37-20-13-21-38(30-37)51(45-25-12-11-22-41(45)34-16-5-2-6-17-34)46-28-29-50-49-48(46)44-31-35-18-7-8-19-36(35)32-47(44)52-49/h1-24,26-32,45H,25H2. The van der Waals surface area contributed by atoms with E-state index in [2.05, 4.69) is 187 Å². The van der Waals surface area contributed by atoms with E-state index in [1.807, 2.05) is 6.20 Å². The quantitative estimate of drug-likeness (QED) is 0.177. The lowest BCUT2D eigenvalue weighted by molar-refractivity contribution is 0.654. The Labute approximate surface area is 302 Å². The highest BCUT2D eigenvalue weighted by atomic mass is 16.3. The number of hydrogen-bond donors (Lipinski definition) is 0. The van der Waals surface area contributed by atoms with Gasteiger partial charge in [0.2, 0.25) is 5.71 Å². The number of nitrogens with zero attached hydrogens (tertiary/aromatic N) is 2. The van der Waals surface area contributed by atoms with Crippen molar-refractivity contribution in [3.8, 4) is 22.3 Å². The van der Waals surface area contributed by atoms with E-state index in [9.17, 15) is 0 Å². The molecule has 3 nitrogen and oxygen atoms in total. The minimum Gasteiger partial charge on any atom is -0.438 e. The normalized spacial score (nSPS) is 14.3. The van der Waals surface area contributed by atoms with Gasteiger partial charge < -0.3 is 9.32 Å². The van der Waals surface area contributed by atoms with E-state index >= 15 is 0 Å². The second-order valence-corrected chi connectivity index (χ2v) is 13.5. The van der Waals surface area contributed by atoms with Crippen LogP contribution in [0.15, 0.2) is 193 Å². The molecule has 1 aliphatic rings. The van der Waals surface area contributed by atoms with E-state index in [0.717, 1.165) is 39.5 Å². The molecule has 7 aromatic carbocycles. The zero-order chi connectivity index (χ0) is 34.4. The smallest absolute Gasteiger partial charge is 0.229 e. The van der Waals surface area contributed by atoms with E-state index in [1.165, 1.54) is 49.5 Å². The maximum absolute atomic E-state index is 6.51. The van der Waals surface area contributed by atoms with Crippen molar-refractivity contribution in [2.75, 3.05) is 4.90 Å². The first-order valence-electron chi connectivity index (χ1n) is 17.9. The molecule has 0 amide bonds. The summed E-state index contributed by atoms with van der Waals surface area (Å²) in [6.07, 6.45) is 9.48. The highest BCUT2D eigenvalue weighted by Crippen LogP contribution is 2.45. The third kappa shape index (κ3) is 5.09. The fourth-order valence-electron chi connectivity index (χ4n) is 8.08. The highest BCUT2D eigenvalue weighted by molar-refractivity contribution is 6.15. The monoisotopic (exact) mass is 666 g/mol. The maximum atomic E-state index is 6.51. The van der Waals surface area contributed by atoms with Crippen molar-refractivity contribution in [1.29, 1.82) is 0 Å². The molecule has 0 saturated carbocycles. The number of rotatable bonds is 6. The molecule has 0 fully saturated rings. The van der Waals surface area contributed by atoms with Crippen LogP contribution in [0.2, 0.25) is 0 Å². The summed E-state index contributed by atoms with van der Waals surface area (Å²) in [7, 11) is 0. The molecule has 0 radical (unpaired) electrons. The van der Waals surface area contributed by atoms with Gasteiger partial charge >= 0.3 is 0 Å². The van der Waals surface area contributed by atoms with Crippen molar-refractivity contribution >= 4 is 60.6 Å². The van der Waals surface area contributed by atoms with E-state index in [4.69, 9.17) is 9.40 Å². The Morgan fingerprint density at radius 1 is 0.558 bits per heavy atom. The molecule has 246 valence electrons. The van der Waals surface area contributed by atoms with Crippen LogP contribution in [0.5, 0.6) is 0 Å². The van der Waals surface area contributed by atoms with Gasteiger partial charge in [-0.2, -0.15) is 0 Å². The van der Waals surface area contributed by atoms with E-state index in [-0.39, 0.29) is 6.04 Å². The van der Waals surface area contributed by atoms with Gasteiger partial charge in [-0.1, -0.05) is 152 Å². The predicted molar refractivity (Wildman–Crippen MR) is 218 cm³/mol. The van der Waals surface area contributed by atoms with Crippen LogP contribution >= 0.6 is 0 Å². The van der Waals surface area contributed by atoms with Crippen LogP contribution in [0.1, 0.15) is 12.0 Å². The number of hydrogen-bond acceptors (Lipinski definition) is 3. The fourth-order valence-corrected chi connectivity index (χ4v) is 8.08. The van der Waals surface area contributed by atoms with Gasteiger partial charge in [-0.15, -0.1) is 0 Å². The van der Waals surface area contributed by atoms with Gasteiger partial charge in [-0.05, 0) is 91.7 Å². The summed E-state index contributed by atoms with van der Waals surface area (Å²) in [5.41, 5.74) is 11.0. The van der Waals surface area contributed by atoms with Crippen LogP contribution in [0.3, 0.4) is 0 Å². The number of anilines is 2. The molecule has 9 aromatic rings. The van der Waals surface area contributed by atoms with Crippen molar-refractivity contribution in [3.05, 3.63) is 194 Å². The summed E-state index contributed by atoms with van der Waals surface area (Å²) in [6, 6.07) is 58.8. The molecule has 1 unspecified atom stereocenters. The van der Waals surface area contributed by atoms with Gasteiger partial charge in [0.05, 0.1) is 17.1 Å². The minimum atomic E-state index is 0.0239. The number of furan rings is 1. The van der Waals surface area contributed by atoms with E-state index in [1.54, 1.807) is 0 Å². The van der Waals surface area contributed by atoms with Gasteiger partial charge in [0, 0.05) is 17.3 Å².